The Morgan fingerprint density at radius 2 is 1.82 bits per heavy atom. The Kier molecular flexibility index (Phi) is 7.02. The lowest BCUT2D eigenvalue weighted by Gasteiger charge is -2.21. The molecule has 2 amide bonds. The molecule has 176 valence electrons. The van der Waals surface area contributed by atoms with E-state index in [1.807, 2.05) is 30.3 Å². The summed E-state index contributed by atoms with van der Waals surface area (Å²) in [5, 5.41) is 6.04. The lowest BCUT2D eigenvalue weighted by atomic mass is 10.0. The third-order valence-electron chi connectivity index (χ3n) is 5.70. The number of nitrogens with one attached hydrogen (secondary N) is 3. The number of fused-ring (bicyclic) bond motifs is 1. The third-order valence-corrected chi connectivity index (χ3v) is 7.58. The van der Waals surface area contributed by atoms with Gasteiger partial charge in [-0.1, -0.05) is 48.0 Å². The molecule has 3 aromatic carbocycles. The number of carbonyl (C=O) groups is 2. The van der Waals surface area contributed by atoms with Gasteiger partial charge in [-0.15, -0.1) is 0 Å². The normalized spacial score (nSPS) is 14.1. The topological polar surface area (TPSA) is 104 Å². The van der Waals surface area contributed by atoms with Crippen LogP contribution >= 0.6 is 11.6 Å². The van der Waals surface area contributed by atoms with Crippen molar-refractivity contribution in [2.45, 2.75) is 37.1 Å². The highest BCUT2D eigenvalue weighted by atomic mass is 35.5. The first kappa shape index (κ1) is 23.9. The van der Waals surface area contributed by atoms with E-state index >= 15 is 0 Å². The van der Waals surface area contributed by atoms with Gasteiger partial charge in [0, 0.05) is 22.8 Å². The molecule has 0 spiro atoms. The Morgan fingerprint density at radius 1 is 1.06 bits per heavy atom. The second kappa shape index (κ2) is 9.97. The Labute approximate surface area is 203 Å². The first-order valence-electron chi connectivity index (χ1n) is 10.8. The fourth-order valence-corrected chi connectivity index (χ4v) is 5.20. The summed E-state index contributed by atoms with van der Waals surface area (Å²) in [6.45, 7) is 1.78. The van der Waals surface area contributed by atoms with Crippen molar-refractivity contribution in [3.63, 3.8) is 0 Å². The molecule has 4 rings (SSSR count). The number of rotatable bonds is 7. The number of sulfonamides is 1. The molecule has 1 aliphatic rings. The summed E-state index contributed by atoms with van der Waals surface area (Å²) in [7, 11) is -4.03. The zero-order valence-electron chi connectivity index (χ0n) is 18.5. The first-order valence-corrected chi connectivity index (χ1v) is 12.6. The van der Waals surface area contributed by atoms with Crippen LogP contribution in [-0.4, -0.2) is 26.3 Å². The van der Waals surface area contributed by atoms with Crippen molar-refractivity contribution in [3.05, 3.63) is 88.4 Å². The Morgan fingerprint density at radius 3 is 2.59 bits per heavy atom. The maximum Gasteiger partial charge on any atom is 0.242 e. The van der Waals surface area contributed by atoms with Crippen LogP contribution in [0.1, 0.15) is 23.1 Å². The highest BCUT2D eigenvalue weighted by Crippen LogP contribution is 2.26. The molecule has 0 bridgehead atoms. The molecule has 0 saturated heterocycles. The smallest absolute Gasteiger partial charge is 0.242 e. The van der Waals surface area contributed by atoms with Crippen molar-refractivity contribution in [3.8, 4) is 0 Å². The van der Waals surface area contributed by atoms with Crippen molar-refractivity contribution in [1.82, 2.24) is 4.72 Å². The van der Waals surface area contributed by atoms with Gasteiger partial charge in [-0.25, -0.2) is 8.42 Å². The van der Waals surface area contributed by atoms with E-state index in [0.29, 0.717) is 34.8 Å². The first-order chi connectivity index (χ1) is 16.2. The molecule has 7 nitrogen and oxygen atoms in total. The molecule has 1 atom stereocenters. The molecule has 9 heteroatoms. The lowest BCUT2D eigenvalue weighted by Crippen LogP contribution is -2.45. The van der Waals surface area contributed by atoms with Gasteiger partial charge in [-0.2, -0.15) is 4.72 Å². The van der Waals surface area contributed by atoms with Crippen LogP contribution in [0.4, 0.5) is 11.4 Å². The van der Waals surface area contributed by atoms with Gasteiger partial charge in [-0.05, 0) is 66.8 Å². The molecule has 0 radical (unpaired) electrons. The predicted octanol–water partition coefficient (Wildman–Crippen LogP) is 4.06. The SMILES string of the molecule is Cc1c(Cl)cccc1NC(=O)[C@H](Cc1ccccc1)NS(=O)(=O)c1ccc2c(c1)CCC(=O)N2. The van der Waals surface area contributed by atoms with Crippen LogP contribution in [0.2, 0.25) is 5.02 Å². The van der Waals surface area contributed by atoms with Crippen LogP contribution in [0.5, 0.6) is 0 Å². The minimum Gasteiger partial charge on any atom is -0.326 e. The maximum absolute atomic E-state index is 13.3. The Balaban J connectivity index is 1.61. The molecule has 0 aromatic heterocycles. The zero-order chi connectivity index (χ0) is 24.3. The molecule has 3 N–H and O–H groups in total. The van der Waals surface area contributed by atoms with Gasteiger partial charge in [-0.3, -0.25) is 9.59 Å². The van der Waals surface area contributed by atoms with Crippen LogP contribution in [-0.2, 0) is 32.5 Å². The molecule has 34 heavy (non-hydrogen) atoms. The summed E-state index contributed by atoms with van der Waals surface area (Å²) in [6.07, 6.45) is 0.904. The van der Waals surface area contributed by atoms with Crippen LogP contribution in [0, 0.1) is 6.92 Å². The van der Waals surface area contributed by atoms with Gasteiger partial charge in [0.05, 0.1) is 4.90 Å². The lowest BCUT2D eigenvalue weighted by molar-refractivity contribution is -0.118. The highest BCUT2D eigenvalue weighted by Gasteiger charge is 2.28. The van der Waals surface area contributed by atoms with Crippen LogP contribution in [0.3, 0.4) is 0 Å². The Bertz CT molecular complexity index is 1340. The molecule has 0 fully saturated rings. The van der Waals surface area contributed by atoms with E-state index in [9.17, 15) is 18.0 Å². The summed E-state index contributed by atoms with van der Waals surface area (Å²) in [4.78, 5) is 24.9. The predicted molar refractivity (Wildman–Crippen MR) is 132 cm³/mol. The standard InChI is InChI=1S/C25H24ClN3O4S/c1-16-20(26)8-5-9-21(16)28-25(31)23(14-17-6-3-2-4-7-17)29-34(32,33)19-11-12-22-18(15-19)10-13-24(30)27-22/h2-9,11-12,15,23,29H,10,13-14H2,1H3,(H,27,30)(H,28,31)/t23-/m0/s1. The number of anilines is 2. The number of carbonyl (C=O) groups excluding carboxylic acids is 2. The van der Waals surface area contributed by atoms with E-state index in [2.05, 4.69) is 15.4 Å². The van der Waals surface area contributed by atoms with Gasteiger partial charge in [0.1, 0.15) is 6.04 Å². The second-order valence-electron chi connectivity index (χ2n) is 8.13. The van der Waals surface area contributed by atoms with E-state index in [-0.39, 0.29) is 17.2 Å². The number of hydrogen-bond acceptors (Lipinski definition) is 4. The van der Waals surface area contributed by atoms with Gasteiger partial charge >= 0.3 is 0 Å². The van der Waals surface area contributed by atoms with Crippen molar-refractivity contribution in [1.29, 1.82) is 0 Å². The number of amides is 2. The van der Waals surface area contributed by atoms with Crippen LogP contribution in [0.25, 0.3) is 0 Å². The average Bonchev–Trinajstić information content (AvgIpc) is 2.81. The van der Waals surface area contributed by atoms with Crippen molar-refractivity contribution in [2.75, 3.05) is 10.6 Å². The van der Waals surface area contributed by atoms with Crippen LogP contribution < -0.4 is 15.4 Å². The van der Waals surface area contributed by atoms with Crippen molar-refractivity contribution < 1.29 is 18.0 Å². The average molecular weight is 498 g/mol. The number of aryl methyl sites for hydroxylation is 1. The summed E-state index contributed by atoms with van der Waals surface area (Å²) < 4.78 is 29.1. The van der Waals surface area contributed by atoms with E-state index in [4.69, 9.17) is 11.6 Å². The minimum atomic E-state index is -4.03. The molecule has 1 aliphatic heterocycles. The van der Waals surface area contributed by atoms with Gasteiger partial charge in [0.25, 0.3) is 0 Å². The van der Waals surface area contributed by atoms with E-state index < -0.39 is 22.0 Å². The van der Waals surface area contributed by atoms with Gasteiger partial charge in [0.2, 0.25) is 21.8 Å². The summed E-state index contributed by atoms with van der Waals surface area (Å²) >= 11 is 6.17. The van der Waals surface area contributed by atoms with Crippen molar-refractivity contribution in [2.24, 2.45) is 0 Å². The van der Waals surface area contributed by atoms with Crippen molar-refractivity contribution >= 4 is 44.8 Å². The molecular weight excluding hydrogens is 474 g/mol. The zero-order valence-corrected chi connectivity index (χ0v) is 20.0. The molecular formula is C25H24ClN3O4S. The van der Waals surface area contributed by atoms with Gasteiger partial charge < -0.3 is 10.6 Å². The molecule has 0 aliphatic carbocycles. The maximum atomic E-state index is 13.3. The molecule has 1 heterocycles. The Hall–Kier alpha value is -3.20. The number of benzene rings is 3. The minimum absolute atomic E-state index is 0.0344. The summed E-state index contributed by atoms with van der Waals surface area (Å²) in [5.74, 6) is -0.597. The molecule has 0 saturated carbocycles. The highest BCUT2D eigenvalue weighted by molar-refractivity contribution is 7.89. The summed E-state index contributed by atoms with van der Waals surface area (Å²) in [5.41, 5.74) is 3.35. The summed E-state index contributed by atoms with van der Waals surface area (Å²) in [6, 6.07) is 17.8. The third kappa shape index (κ3) is 5.47. The van der Waals surface area contributed by atoms with E-state index in [0.717, 1.165) is 11.1 Å². The van der Waals surface area contributed by atoms with Gasteiger partial charge in [0.15, 0.2) is 0 Å². The fourth-order valence-electron chi connectivity index (χ4n) is 3.78. The van der Waals surface area contributed by atoms with Crippen LogP contribution in [0.15, 0.2) is 71.6 Å². The van der Waals surface area contributed by atoms with E-state index in [1.54, 1.807) is 31.2 Å². The fraction of sp³-hybridized carbons (Fsp3) is 0.200. The second-order valence-corrected chi connectivity index (χ2v) is 10.3. The number of halogens is 1. The largest absolute Gasteiger partial charge is 0.326 e. The monoisotopic (exact) mass is 497 g/mol. The number of hydrogen-bond donors (Lipinski definition) is 3. The molecule has 3 aromatic rings. The quantitative estimate of drug-likeness (QED) is 0.457. The molecule has 0 unspecified atom stereocenters. The van der Waals surface area contributed by atoms with E-state index in [1.165, 1.54) is 12.1 Å².